The first-order valence-corrected chi connectivity index (χ1v) is 9.26. The number of nitrogens with one attached hydrogen (secondary N) is 1. The summed E-state index contributed by atoms with van der Waals surface area (Å²) in [4.78, 5) is 49.3. The van der Waals surface area contributed by atoms with Crippen LogP contribution >= 0.6 is 0 Å². The number of methoxy groups -OCH3 is 1. The molecular weight excluding hydrogens is 398 g/mol. The van der Waals surface area contributed by atoms with Crippen LogP contribution < -0.4 is 11.5 Å². The Kier molecular flexibility index (Phi) is 3.87. The Labute approximate surface area is 174 Å². The molecule has 5 rings (SSSR count). The van der Waals surface area contributed by atoms with Crippen LogP contribution in [-0.2, 0) is 4.74 Å². The maximum atomic E-state index is 12.7. The van der Waals surface area contributed by atoms with Gasteiger partial charge in [-0.15, -0.1) is 0 Å². The van der Waals surface area contributed by atoms with Crippen molar-refractivity contribution < 1.29 is 19.1 Å². The number of Topliss-reactive ketones (excluding diaryl/α,β-unsaturated/α-hetero) is 2. The first-order valence-electron chi connectivity index (χ1n) is 9.26. The summed E-state index contributed by atoms with van der Waals surface area (Å²) in [5.74, 6) is -2.05. The van der Waals surface area contributed by atoms with Crippen molar-refractivity contribution in [2.24, 2.45) is 11.5 Å². The number of amides is 1. The van der Waals surface area contributed by atoms with Crippen molar-refractivity contribution in [3.05, 3.63) is 70.9 Å². The third-order valence-electron chi connectivity index (χ3n) is 5.25. The molecule has 1 aromatic carbocycles. The molecule has 5 N–H and O–H groups in total. The number of nitrogens with two attached hydrogens (primary N) is 2. The lowest BCUT2D eigenvalue weighted by atomic mass is 9.95. The number of allylic oxidation sites excluding steroid dienone is 2. The number of pyridine rings is 2. The Morgan fingerprint density at radius 1 is 1.00 bits per heavy atom. The van der Waals surface area contributed by atoms with Crippen LogP contribution in [0.5, 0.6) is 0 Å². The topological polar surface area (TPSA) is 154 Å². The zero-order valence-corrected chi connectivity index (χ0v) is 16.2. The van der Waals surface area contributed by atoms with Gasteiger partial charge in [0.15, 0.2) is 5.76 Å². The van der Waals surface area contributed by atoms with Gasteiger partial charge in [-0.05, 0) is 24.3 Å². The van der Waals surface area contributed by atoms with Crippen LogP contribution in [0.25, 0.3) is 33.2 Å². The third kappa shape index (κ3) is 2.60. The van der Waals surface area contributed by atoms with Gasteiger partial charge in [0.2, 0.25) is 11.6 Å². The molecule has 31 heavy (non-hydrogen) atoms. The van der Waals surface area contributed by atoms with E-state index in [9.17, 15) is 14.4 Å². The van der Waals surface area contributed by atoms with Crippen LogP contribution in [0.15, 0.2) is 53.9 Å². The second-order valence-corrected chi connectivity index (χ2v) is 7.01. The van der Waals surface area contributed by atoms with Crippen LogP contribution in [0.3, 0.4) is 0 Å². The highest BCUT2D eigenvalue weighted by molar-refractivity contribution is 6.25. The number of ketones is 2. The lowest BCUT2D eigenvalue weighted by Crippen LogP contribution is -2.28. The van der Waals surface area contributed by atoms with Gasteiger partial charge in [0.05, 0.1) is 23.9 Å². The molecule has 0 bridgehead atoms. The minimum atomic E-state index is -0.699. The van der Waals surface area contributed by atoms with Crippen LogP contribution in [0.1, 0.15) is 31.3 Å². The number of para-hydroxylation sites is 1. The zero-order chi connectivity index (χ0) is 21.9. The summed E-state index contributed by atoms with van der Waals surface area (Å²) in [5, 5.41) is 1.61. The molecule has 3 aromatic heterocycles. The summed E-state index contributed by atoms with van der Waals surface area (Å²) in [6.07, 6.45) is 0. The molecule has 1 aliphatic rings. The van der Waals surface area contributed by atoms with Gasteiger partial charge in [0, 0.05) is 16.3 Å². The van der Waals surface area contributed by atoms with Gasteiger partial charge in [-0.2, -0.15) is 0 Å². The molecule has 0 radical (unpaired) electrons. The summed E-state index contributed by atoms with van der Waals surface area (Å²) in [7, 11) is 1.27. The second-order valence-electron chi connectivity index (χ2n) is 7.01. The van der Waals surface area contributed by atoms with E-state index in [1.807, 2.05) is 24.3 Å². The van der Waals surface area contributed by atoms with Gasteiger partial charge in [-0.3, -0.25) is 14.4 Å². The fourth-order valence-corrected chi connectivity index (χ4v) is 3.78. The van der Waals surface area contributed by atoms with Crippen molar-refractivity contribution >= 4 is 39.3 Å². The standard InChI is InChI=1S/C22H15N5O4/c1-31-21-15(23)20(29)17-10(19(21)28)6-7-13(26-17)18-16-11(8-14(27-18)22(24)30)9-4-2-3-5-12(9)25-16/h2-8,25H,23H2,1H3,(H2,24,30). The summed E-state index contributed by atoms with van der Waals surface area (Å²) < 4.78 is 4.98. The van der Waals surface area contributed by atoms with Crippen molar-refractivity contribution in [2.45, 2.75) is 0 Å². The maximum Gasteiger partial charge on any atom is 0.267 e. The normalized spacial score (nSPS) is 13.7. The smallest absolute Gasteiger partial charge is 0.267 e. The number of nitrogens with zero attached hydrogens (tertiary/aromatic N) is 2. The van der Waals surface area contributed by atoms with E-state index in [0.29, 0.717) is 11.2 Å². The van der Waals surface area contributed by atoms with Crippen molar-refractivity contribution in [3.8, 4) is 11.4 Å². The molecule has 0 saturated carbocycles. The lowest BCUT2D eigenvalue weighted by molar-refractivity contribution is 0.0902. The van der Waals surface area contributed by atoms with Gasteiger partial charge < -0.3 is 21.2 Å². The van der Waals surface area contributed by atoms with E-state index in [1.165, 1.54) is 13.2 Å². The Hall–Kier alpha value is -4.53. The number of H-pyrrole nitrogens is 1. The number of carbonyl (C=O) groups excluding carboxylic acids is 3. The molecule has 1 aliphatic carbocycles. The zero-order valence-electron chi connectivity index (χ0n) is 16.2. The number of aromatic nitrogens is 3. The summed E-state index contributed by atoms with van der Waals surface area (Å²) in [5.41, 5.74) is 13.1. The average molecular weight is 413 g/mol. The van der Waals surface area contributed by atoms with Gasteiger partial charge in [0.25, 0.3) is 5.91 Å². The van der Waals surface area contributed by atoms with Crippen LogP contribution in [0, 0.1) is 0 Å². The van der Waals surface area contributed by atoms with E-state index in [4.69, 9.17) is 16.2 Å². The fourth-order valence-electron chi connectivity index (χ4n) is 3.78. The molecule has 0 atom stereocenters. The third-order valence-corrected chi connectivity index (χ3v) is 5.25. The van der Waals surface area contributed by atoms with E-state index in [-0.39, 0.29) is 34.1 Å². The van der Waals surface area contributed by atoms with E-state index < -0.39 is 17.5 Å². The molecule has 0 spiro atoms. The largest absolute Gasteiger partial charge is 0.491 e. The highest BCUT2D eigenvalue weighted by Crippen LogP contribution is 2.33. The predicted molar refractivity (Wildman–Crippen MR) is 112 cm³/mol. The number of fused-ring (bicyclic) bond motifs is 4. The molecular formula is C22H15N5O4. The Morgan fingerprint density at radius 3 is 2.52 bits per heavy atom. The van der Waals surface area contributed by atoms with E-state index in [0.717, 1.165) is 16.3 Å². The lowest BCUT2D eigenvalue weighted by Gasteiger charge is -2.17. The highest BCUT2D eigenvalue weighted by Gasteiger charge is 2.33. The van der Waals surface area contributed by atoms with Crippen molar-refractivity contribution in [2.75, 3.05) is 7.11 Å². The predicted octanol–water partition coefficient (Wildman–Crippen LogP) is 2.07. The number of rotatable bonds is 3. The molecule has 0 saturated heterocycles. The first-order chi connectivity index (χ1) is 14.9. The molecule has 3 heterocycles. The highest BCUT2D eigenvalue weighted by atomic mass is 16.5. The minimum absolute atomic E-state index is 0.0512. The molecule has 0 fully saturated rings. The average Bonchev–Trinajstić information content (AvgIpc) is 3.15. The Balaban J connectivity index is 1.79. The Bertz CT molecular complexity index is 1500. The van der Waals surface area contributed by atoms with Crippen molar-refractivity contribution in [1.82, 2.24) is 15.0 Å². The van der Waals surface area contributed by atoms with Gasteiger partial charge in [0.1, 0.15) is 22.8 Å². The Morgan fingerprint density at radius 2 is 1.77 bits per heavy atom. The van der Waals surface area contributed by atoms with Crippen LogP contribution in [-0.4, -0.2) is 39.5 Å². The monoisotopic (exact) mass is 413 g/mol. The first kappa shape index (κ1) is 18.5. The summed E-state index contributed by atoms with van der Waals surface area (Å²) in [6, 6.07) is 12.2. The molecule has 9 nitrogen and oxygen atoms in total. The molecule has 1 amide bonds. The fraction of sp³-hybridized carbons (Fsp3) is 0.0455. The van der Waals surface area contributed by atoms with Crippen LogP contribution in [0.2, 0.25) is 0 Å². The molecule has 0 aliphatic heterocycles. The number of primary amides is 1. The number of hydrogen-bond donors (Lipinski definition) is 3. The van der Waals surface area contributed by atoms with E-state index >= 15 is 0 Å². The number of aromatic amines is 1. The SMILES string of the molecule is COC1=C(N)C(=O)c2nc(-c3nc(C(N)=O)cc4c3[nH]c3ccccc34)ccc2C1=O. The van der Waals surface area contributed by atoms with E-state index in [2.05, 4.69) is 15.0 Å². The van der Waals surface area contributed by atoms with Gasteiger partial charge >= 0.3 is 0 Å². The van der Waals surface area contributed by atoms with E-state index in [1.54, 1.807) is 12.1 Å². The summed E-state index contributed by atoms with van der Waals surface area (Å²) in [6.45, 7) is 0. The van der Waals surface area contributed by atoms with Crippen molar-refractivity contribution in [3.63, 3.8) is 0 Å². The second kappa shape index (κ2) is 6.49. The van der Waals surface area contributed by atoms with Crippen molar-refractivity contribution in [1.29, 1.82) is 0 Å². The number of ether oxygens (including phenoxy) is 1. The number of benzene rings is 1. The summed E-state index contributed by atoms with van der Waals surface area (Å²) >= 11 is 0. The maximum absolute atomic E-state index is 12.7. The number of carbonyl (C=O) groups is 3. The minimum Gasteiger partial charge on any atom is -0.491 e. The quantitative estimate of drug-likeness (QED) is 0.464. The molecule has 4 aromatic rings. The van der Waals surface area contributed by atoms with Gasteiger partial charge in [-0.1, -0.05) is 18.2 Å². The number of hydrogen-bond acceptors (Lipinski definition) is 7. The molecule has 152 valence electrons. The molecule has 9 heteroatoms. The van der Waals surface area contributed by atoms with Gasteiger partial charge in [-0.25, -0.2) is 9.97 Å². The molecule has 0 unspecified atom stereocenters. The van der Waals surface area contributed by atoms with Crippen LogP contribution in [0.4, 0.5) is 0 Å².